The molecule has 0 saturated heterocycles. The molecular weight excluding hydrogens is 971 g/mol. The molecule has 1 N–H and O–H groups in total. The summed E-state index contributed by atoms with van der Waals surface area (Å²) in [5, 5.41) is 9.70. The highest BCUT2D eigenvalue weighted by atomic mass is 16.7. The quantitative estimate of drug-likeness (QED) is 0.0211. The van der Waals surface area contributed by atoms with Crippen molar-refractivity contribution in [1.29, 1.82) is 0 Å². The van der Waals surface area contributed by atoms with Gasteiger partial charge in [0.2, 0.25) is 0 Å². The largest absolute Gasteiger partial charge is 0.477 e. The maximum absolute atomic E-state index is 12.9. The number of rotatable bonds is 58. The van der Waals surface area contributed by atoms with Crippen LogP contribution in [0.4, 0.5) is 0 Å². The van der Waals surface area contributed by atoms with E-state index in [9.17, 15) is 19.5 Å². The van der Waals surface area contributed by atoms with Crippen LogP contribution in [-0.2, 0) is 33.3 Å². The van der Waals surface area contributed by atoms with Crippen LogP contribution in [0.1, 0.15) is 264 Å². The van der Waals surface area contributed by atoms with Gasteiger partial charge in [0.15, 0.2) is 6.10 Å². The average molecular weight is 1090 g/mol. The van der Waals surface area contributed by atoms with E-state index in [4.69, 9.17) is 18.9 Å². The highest BCUT2D eigenvalue weighted by Crippen LogP contribution is 2.16. The summed E-state index contributed by atoms with van der Waals surface area (Å²) in [6, 6.07) is 0. The van der Waals surface area contributed by atoms with Gasteiger partial charge in [0, 0.05) is 12.8 Å². The number of likely N-dealkylation sites (N-methyl/N-ethyl adjacent to an activating group) is 1. The molecule has 0 spiro atoms. The van der Waals surface area contributed by atoms with Crippen molar-refractivity contribution in [2.24, 2.45) is 0 Å². The number of carbonyl (C=O) groups excluding carboxylic acids is 2. The van der Waals surface area contributed by atoms with Crippen molar-refractivity contribution >= 4 is 17.9 Å². The Morgan fingerprint density at radius 2 is 0.731 bits per heavy atom. The van der Waals surface area contributed by atoms with Crippen molar-refractivity contribution in [2.75, 3.05) is 47.5 Å². The van der Waals surface area contributed by atoms with Crippen LogP contribution in [0, 0.1) is 0 Å². The van der Waals surface area contributed by atoms with E-state index in [-0.39, 0.29) is 32.2 Å². The standard InChI is InChI=1S/C69H119NO8/c1-6-8-10-12-14-16-18-20-22-23-24-25-26-27-28-29-30-31-32-33-34-35-36-37-38-39-40-41-42-43-44-45-46-48-50-52-54-56-58-60-67(72)78-65(64-77-69(68(73)74)75-62-61-70(3,4)5)63-76-66(71)59-57-55-53-51-49-47-21-19-17-15-13-11-9-7-2/h8,10,14,16,19-22,24-25,27-28,30-31,33-34,65,69H,6-7,9,11-13,15,17-18,23,26,29,32,35-64H2,1-5H3/p+1/b10-8-,16-14-,21-19-,22-20-,25-24-,28-27-,31-30-,34-33-. The zero-order chi connectivity index (χ0) is 56.9. The zero-order valence-corrected chi connectivity index (χ0v) is 51.1. The molecule has 2 atom stereocenters. The predicted octanol–water partition coefficient (Wildman–Crippen LogP) is 19.3. The second-order valence-corrected chi connectivity index (χ2v) is 22.3. The van der Waals surface area contributed by atoms with Crippen molar-refractivity contribution in [3.8, 4) is 0 Å². The third-order valence-corrected chi connectivity index (χ3v) is 13.6. The zero-order valence-electron chi connectivity index (χ0n) is 51.1. The van der Waals surface area contributed by atoms with E-state index in [1.54, 1.807) is 0 Å². The first-order valence-electron chi connectivity index (χ1n) is 31.9. The average Bonchev–Trinajstić information content (AvgIpc) is 3.41. The maximum atomic E-state index is 12.9. The summed E-state index contributed by atoms with van der Waals surface area (Å²) >= 11 is 0. The molecule has 9 heteroatoms. The van der Waals surface area contributed by atoms with Gasteiger partial charge in [-0.25, -0.2) is 4.79 Å². The van der Waals surface area contributed by atoms with Gasteiger partial charge in [-0.2, -0.15) is 0 Å². The lowest BCUT2D eigenvalue weighted by Gasteiger charge is -2.25. The van der Waals surface area contributed by atoms with E-state index in [2.05, 4.69) is 111 Å². The Morgan fingerprint density at radius 3 is 1.10 bits per heavy atom. The topological polar surface area (TPSA) is 108 Å². The smallest absolute Gasteiger partial charge is 0.361 e. The van der Waals surface area contributed by atoms with E-state index in [0.717, 1.165) is 103 Å². The van der Waals surface area contributed by atoms with Gasteiger partial charge in [0.1, 0.15) is 13.2 Å². The molecule has 2 unspecified atom stereocenters. The third kappa shape index (κ3) is 59.9. The van der Waals surface area contributed by atoms with E-state index in [1.165, 1.54) is 135 Å². The minimum Gasteiger partial charge on any atom is -0.477 e. The number of carbonyl (C=O) groups is 3. The molecule has 9 nitrogen and oxygen atoms in total. The molecule has 0 fully saturated rings. The first-order valence-corrected chi connectivity index (χ1v) is 31.9. The maximum Gasteiger partial charge on any atom is 0.361 e. The summed E-state index contributed by atoms with van der Waals surface area (Å²) in [4.78, 5) is 37.4. The number of quaternary nitrogens is 1. The Morgan fingerprint density at radius 1 is 0.397 bits per heavy atom. The molecule has 0 aromatic rings. The van der Waals surface area contributed by atoms with Gasteiger partial charge >= 0.3 is 17.9 Å². The molecule has 0 aromatic heterocycles. The van der Waals surface area contributed by atoms with E-state index < -0.39 is 24.3 Å². The SMILES string of the molecule is CC/C=C\C/C=C\C/C=C\C/C=C\C/C=C\C/C=C\C/C=C\CCCCCCCCCCCCCCCCCCCC(=O)OC(COC(=O)CCCCCCC/C=C\CCCCCCC)COC(OCC[N+](C)(C)C)C(=O)O. The highest BCUT2D eigenvalue weighted by Gasteiger charge is 2.25. The second kappa shape index (κ2) is 59.3. The summed E-state index contributed by atoms with van der Waals surface area (Å²) < 4.78 is 22.9. The minimum atomic E-state index is -1.51. The van der Waals surface area contributed by atoms with Crippen molar-refractivity contribution in [1.82, 2.24) is 0 Å². The first-order chi connectivity index (χ1) is 38.1. The van der Waals surface area contributed by atoms with Gasteiger partial charge in [-0.05, 0) is 96.3 Å². The Balaban J connectivity index is 4.04. The van der Waals surface area contributed by atoms with Crippen molar-refractivity contribution in [3.63, 3.8) is 0 Å². The number of aliphatic carboxylic acids is 1. The lowest BCUT2D eigenvalue weighted by atomic mass is 10.0. The fourth-order valence-electron chi connectivity index (χ4n) is 8.70. The highest BCUT2D eigenvalue weighted by molar-refractivity contribution is 5.71. The molecule has 0 bridgehead atoms. The number of esters is 2. The third-order valence-electron chi connectivity index (χ3n) is 13.6. The molecule has 0 aliphatic heterocycles. The minimum absolute atomic E-state index is 0.185. The van der Waals surface area contributed by atoms with Crippen LogP contribution in [0.3, 0.4) is 0 Å². The molecule has 0 saturated carbocycles. The van der Waals surface area contributed by atoms with Crippen LogP contribution in [0.2, 0.25) is 0 Å². The molecule has 78 heavy (non-hydrogen) atoms. The van der Waals surface area contributed by atoms with Crippen LogP contribution in [-0.4, -0.2) is 87.4 Å². The van der Waals surface area contributed by atoms with Crippen molar-refractivity contribution < 1.29 is 42.9 Å². The fraction of sp³-hybridized carbons (Fsp3) is 0.725. The van der Waals surface area contributed by atoms with Crippen LogP contribution >= 0.6 is 0 Å². The normalized spacial score (nSPS) is 13.4. The summed E-state index contributed by atoms with van der Waals surface area (Å²) in [7, 11) is 5.97. The number of hydrogen-bond donors (Lipinski definition) is 1. The summed E-state index contributed by atoms with van der Waals surface area (Å²) in [5.74, 6) is -2.01. The molecule has 0 radical (unpaired) electrons. The Bertz CT molecular complexity index is 1600. The lowest BCUT2D eigenvalue weighted by molar-refractivity contribution is -0.870. The number of nitrogens with zero attached hydrogens (tertiary/aromatic N) is 1. The molecule has 0 aliphatic rings. The van der Waals surface area contributed by atoms with E-state index in [0.29, 0.717) is 17.4 Å². The molecule has 0 aliphatic carbocycles. The molecule has 448 valence electrons. The number of carboxylic acids is 1. The summed E-state index contributed by atoms with van der Waals surface area (Å²) in [6.07, 6.45) is 78.0. The summed E-state index contributed by atoms with van der Waals surface area (Å²) in [6.45, 7) is 4.75. The van der Waals surface area contributed by atoms with Crippen LogP contribution in [0.5, 0.6) is 0 Å². The monoisotopic (exact) mass is 1090 g/mol. The number of ether oxygens (including phenoxy) is 4. The van der Waals surface area contributed by atoms with Gasteiger partial charge in [0.25, 0.3) is 6.29 Å². The number of carboxylic acid groups (broad SMARTS) is 1. The summed E-state index contributed by atoms with van der Waals surface area (Å²) in [5.41, 5.74) is 0. The molecule has 0 rings (SSSR count). The Kier molecular flexibility index (Phi) is 56.5. The van der Waals surface area contributed by atoms with E-state index >= 15 is 0 Å². The first kappa shape index (κ1) is 74.2. The molecule has 0 aromatic carbocycles. The molecule has 0 amide bonds. The van der Waals surface area contributed by atoms with Crippen LogP contribution in [0.15, 0.2) is 97.2 Å². The Hall–Kier alpha value is -3.79. The molecule has 0 heterocycles. The van der Waals surface area contributed by atoms with Gasteiger partial charge in [-0.15, -0.1) is 0 Å². The predicted molar refractivity (Wildman–Crippen MR) is 332 cm³/mol. The lowest BCUT2D eigenvalue weighted by Crippen LogP contribution is -2.40. The van der Waals surface area contributed by atoms with Gasteiger partial charge < -0.3 is 28.5 Å². The van der Waals surface area contributed by atoms with Gasteiger partial charge in [-0.3, -0.25) is 9.59 Å². The van der Waals surface area contributed by atoms with Gasteiger partial charge in [0.05, 0.1) is 34.4 Å². The fourth-order valence-corrected chi connectivity index (χ4v) is 8.70. The van der Waals surface area contributed by atoms with Crippen molar-refractivity contribution in [2.45, 2.75) is 277 Å². The number of hydrogen-bond acceptors (Lipinski definition) is 7. The van der Waals surface area contributed by atoms with E-state index in [1.807, 2.05) is 21.1 Å². The number of unbranched alkanes of at least 4 members (excludes halogenated alkanes) is 27. The van der Waals surface area contributed by atoms with Crippen LogP contribution in [0.25, 0.3) is 0 Å². The second-order valence-electron chi connectivity index (χ2n) is 22.3. The molecular formula is C69H120NO8+. The Labute approximate surface area is 480 Å². The van der Waals surface area contributed by atoms with Gasteiger partial charge in [-0.1, -0.05) is 252 Å². The van der Waals surface area contributed by atoms with Crippen LogP contribution < -0.4 is 0 Å². The number of allylic oxidation sites excluding steroid dienone is 16. The van der Waals surface area contributed by atoms with Crippen molar-refractivity contribution in [3.05, 3.63) is 97.2 Å².